The Morgan fingerprint density at radius 3 is 2.80 bits per heavy atom. The summed E-state index contributed by atoms with van der Waals surface area (Å²) in [5.74, 6) is 0.00238. The first kappa shape index (κ1) is 11.6. The Balaban J connectivity index is 2.79. The first-order chi connectivity index (χ1) is 7.00. The molecule has 8 heteroatoms. The van der Waals surface area contributed by atoms with Crippen molar-refractivity contribution in [2.45, 2.75) is 6.43 Å². The van der Waals surface area contributed by atoms with E-state index in [1.165, 1.54) is 0 Å². The van der Waals surface area contributed by atoms with Crippen LogP contribution in [-0.2, 0) is 0 Å². The second-order valence-corrected chi connectivity index (χ2v) is 2.96. The minimum Gasteiger partial charge on any atom is -0.363 e. The van der Waals surface area contributed by atoms with Crippen molar-refractivity contribution in [3.05, 3.63) is 27.4 Å². The zero-order chi connectivity index (χ0) is 11.4. The summed E-state index contributed by atoms with van der Waals surface area (Å²) in [5, 5.41) is 12.5. The average Bonchev–Trinajstić information content (AvgIpc) is 2.15. The molecule has 1 aromatic heterocycles. The van der Waals surface area contributed by atoms with Gasteiger partial charge in [0.2, 0.25) is 0 Å². The molecule has 5 nitrogen and oxygen atoms in total. The third kappa shape index (κ3) is 3.28. The van der Waals surface area contributed by atoms with Gasteiger partial charge in [-0.25, -0.2) is 13.8 Å². The van der Waals surface area contributed by atoms with Gasteiger partial charge < -0.3 is 5.32 Å². The van der Waals surface area contributed by atoms with Crippen molar-refractivity contribution in [1.82, 2.24) is 4.98 Å². The van der Waals surface area contributed by atoms with Gasteiger partial charge in [0.15, 0.2) is 0 Å². The fourth-order valence-corrected chi connectivity index (χ4v) is 1.06. The maximum Gasteiger partial charge on any atom is 0.289 e. The number of halogens is 3. The fraction of sp³-hybridized carbons (Fsp3) is 0.286. The number of alkyl halides is 2. The van der Waals surface area contributed by atoms with Crippen molar-refractivity contribution in [3.8, 4) is 0 Å². The molecular formula is C7H6ClF2N3O2. The van der Waals surface area contributed by atoms with Gasteiger partial charge in [0.05, 0.1) is 16.5 Å². The molecule has 0 saturated carbocycles. The Kier molecular flexibility index (Phi) is 3.73. The molecular weight excluding hydrogens is 232 g/mol. The van der Waals surface area contributed by atoms with Gasteiger partial charge in [-0.1, -0.05) is 11.6 Å². The predicted octanol–water partition coefficient (Wildman–Crippen LogP) is 2.32. The van der Waals surface area contributed by atoms with Crippen molar-refractivity contribution in [2.75, 3.05) is 11.9 Å². The van der Waals surface area contributed by atoms with Gasteiger partial charge >= 0.3 is 0 Å². The molecule has 0 unspecified atom stereocenters. The highest BCUT2D eigenvalue weighted by Crippen LogP contribution is 2.23. The molecule has 0 spiro atoms. The van der Waals surface area contributed by atoms with Crippen molar-refractivity contribution in [1.29, 1.82) is 0 Å². The highest BCUT2D eigenvalue weighted by molar-refractivity contribution is 6.33. The quantitative estimate of drug-likeness (QED) is 0.645. The van der Waals surface area contributed by atoms with Crippen LogP contribution in [-0.4, -0.2) is 22.9 Å². The van der Waals surface area contributed by atoms with Crippen molar-refractivity contribution < 1.29 is 13.7 Å². The second-order valence-electron chi connectivity index (χ2n) is 2.55. The number of hydrogen-bond donors (Lipinski definition) is 1. The summed E-state index contributed by atoms with van der Waals surface area (Å²) < 4.78 is 23.6. The fourth-order valence-electron chi connectivity index (χ4n) is 0.832. The molecule has 0 aliphatic rings. The van der Waals surface area contributed by atoms with E-state index in [2.05, 4.69) is 10.3 Å². The Bertz CT molecular complexity index is 375. The van der Waals surface area contributed by atoms with Gasteiger partial charge in [0, 0.05) is 6.07 Å². The number of nitrogens with one attached hydrogen (secondary N) is 1. The summed E-state index contributed by atoms with van der Waals surface area (Å²) in [6, 6.07) is 1.04. The zero-order valence-corrected chi connectivity index (χ0v) is 8.04. The summed E-state index contributed by atoms with van der Waals surface area (Å²) >= 11 is 5.58. The maximum absolute atomic E-state index is 11.8. The molecule has 0 saturated heterocycles. The second kappa shape index (κ2) is 4.83. The summed E-state index contributed by atoms with van der Waals surface area (Å²) in [5.41, 5.74) is -0.289. The lowest BCUT2D eigenvalue weighted by Gasteiger charge is -2.05. The van der Waals surface area contributed by atoms with E-state index in [1.54, 1.807) is 0 Å². The predicted molar refractivity (Wildman–Crippen MR) is 50.4 cm³/mol. The number of pyridine rings is 1. The lowest BCUT2D eigenvalue weighted by molar-refractivity contribution is -0.385. The molecule has 0 aliphatic carbocycles. The highest BCUT2D eigenvalue weighted by Gasteiger charge is 2.11. The molecule has 0 aromatic carbocycles. The van der Waals surface area contributed by atoms with Crippen LogP contribution in [0, 0.1) is 10.1 Å². The van der Waals surface area contributed by atoms with Crippen LogP contribution in [0.5, 0.6) is 0 Å². The van der Waals surface area contributed by atoms with Crippen LogP contribution in [0.15, 0.2) is 12.3 Å². The average molecular weight is 238 g/mol. The molecule has 82 valence electrons. The lowest BCUT2D eigenvalue weighted by Crippen LogP contribution is -2.11. The molecule has 0 atom stereocenters. The van der Waals surface area contributed by atoms with E-state index in [0.29, 0.717) is 0 Å². The van der Waals surface area contributed by atoms with E-state index in [4.69, 9.17) is 11.6 Å². The van der Waals surface area contributed by atoms with Gasteiger partial charge in [-0.2, -0.15) is 0 Å². The Hall–Kier alpha value is -1.50. The van der Waals surface area contributed by atoms with Gasteiger partial charge in [0.25, 0.3) is 12.1 Å². The third-order valence-electron chi connectivity index (χ3n) is 1.46. The first-order valence-electron chi connectivity index (χ1n) is 3.82. The summed E-state index contributed by atoms with van der Waals surface area (Å²) in [6.45, 7) is -0.607. The van der Waals surface area contributed by atoms with E-state index in [9.17, 15) is 18.9 Å². The minimum absolute atomic E-state index is 0.00238. The van der Waals surface area contributed by atoms with Crippen molar-refractivity contribution >= 4 is 23.1 Å². The van der Waals surface area contributed by atoms with Gasteiger partial charge in [-0.15, -0.1) is 0 Å². The summed E-state index contributed by atoms with van der Waals surface area (Å²) in [7, 11) is 0. The normalized spacial score (nSPS) is 10.4. The lowest BCUT2D eigenvalue weighted by atomic mass is 10.4. The largest absolute Gasteiger partial charge is 0.363 e. The topological polar surface area (TPSA) is 68.1 Å². The molecule has 1 aromatic rings. The standard InChI is InChI=1S/C7H6ClF2N3O2/c8-5-1-4(13(14)15)2-11-7(5)12-3-6(9)10/h1-2,6H,3H2,(H,11,12). The van der Waals surface area contributed by atoms with E-state index in [0.717, 1.165) is 12.3 Å². The van der Waals surface area contributed by atoms with Gasteiger partial charge in [-0.05, 0) is 0 Å². The molecule has 0 fully saturated rings. The Morgan fingerprint density at radius 2 is 2.33 bits per heavy atom. The van der Waals surface area contributed by atoms with Gasteiger partial charge in [-0.3, -0.25) is 10.1 Å². The number of aromatic nitrogens is 1. The van der Waals surface area contributed by atoms with Crippen LogP contribution in [0.3, 0.4) is 0 Å². The molecule has 0 radical (unpaired) electrons. The molecule has 15 heavy (non-hydrogen) atoms. The first-order valence-corrected chi connectivity index (χ1v) is 4.20. The highest BCUT2D eigenvalue weighted by atomic mass is 35.5. The Morgan fingerprint density at radius 1 is 1.67 bits per heavy atom. The van der Waals surface area contributed by atoms with Crippen LogP contribution in [0.25, 0.3) is 0 Å². The molecule has 0 aliphatic heterocycles. The van der Waals surface area contributed by atoms with Crippen LogP contribution in [0.1, 0.15) is 0 Å². The molecule has 0 bridgehead atoms. The van der Waals surface area contributed by atoms with Crippen LogP contribution >= 0.6 is 11.6 Å². The van der Waals surface area contributed by atoms with Crippen LogP contribution in [0.4, 0.5) is 20.3 Å². The number of hydrogen-bond acceptors (Lipinski definition) is 4. The molecule has 1 rings (SSSR count). The smallest absolute Gasteiger partial charge is 0.289 e. The van der Waals surface area contributed by atoms with E-state index >= 15 is 0 Å². The van der Waals surface area contributed by atoms with Gasteiger partial charge in [0.1, 0.15) is 12.0 Å². The summed E-state index contributed by atoms with van der Waals surface area (Å²) in [4.78, 5) is 13.2. The Labute approximate surface area is 88.2 Å². The molecule has 1 N–H and O–H groups in total. The van der Waals surface area contributed by atoms with E-state index in [1.807, 2.05) is 0 Å². The van der Waals surface area contributed by atoms with Crippen LogP contribution < -0.4 is 5.32 Å². The number of anilines is 1. The number of rotatable bonds is 4. The van der Waals surface area contributed by atoms with E-state index in [-0.39, 0.29) is 16.5 Å². The summed E-state index contributed by atoms with van der Waals surface area (Å²) in [6.07, 6.45) is -1.60. The number of nitro groups is 1. The monoisotopic (exact) mass is 237 g/mol. The SMILES string of the molecule is O=[N+]([O-])c1cnc(NCC(F)F)c(Cl)c1. The third-order valence-corrected chi connectivity index (χ3v) is 1.75. The van der Waals surface area contributed by atoms with E-state index < -0.39 is 17.9 Å². The van der Waals surface area contributed by atoms with Crippen LogP contribution in [0.2, 0.25) is 5.02 Å². The molecule has 0 amide bonds. The zero-order valence-electron chi connectivity index (χ0n) is 7.28. The van der Waals surface area contributed by atoms with Crippen molar-refractivity contribution in [2.24, 2.45) is 0 Å². The van der Waals surface area contributed by atoms with Crippen molar-refractivity contribution in [3.63, 3.8) is 0 Å². The number of nitrogens with zero attached hydrogens (tertiary/aromatic N) is 2. The molecule has 1 heterocycles. The maximum atomic E-state index is 11.8. The minimum atomic E-state index is -2.54.